The van der Waals surface area contributed by atoms with Crippen LogP contribution in [0.4, 0.5) is 0 Å². The number of carbonyl (C=O) groups is 2. The number of rotatable bonds is 6. The molecule has 0 bridgehead atoms. The first-order valence-electron chi connectivity index (χ1n) is 6.89. The predicted molar refractivity (Wildman–Crippen MR) is 78.7 cm³/mol. The molecule has 4 nitrogen and oxygen atoms in total. The van der Waals surface area contributed by atoms with Crippen LogP contribution in [0.25, 0.3) is 0 Å². The summed E-state index contributed by atoms with van der Waals surface area (Å²) in [6.07, 6.45) is 2.52. The first-order valence-corrected chi connectivity index (χ1v) is 7.27. The van der Waals surface area contributed by atoms with Gasteiger partial charge in [0.15, 0.2) is 0 Å². The third-order valence-corrected chi connectivity index (χ3v) is 3.82. The molecule has 2 N–H and O–H groups in total. The van der Waals surface area contributed by atoms with Crippen LogP contribution < -0.4 is 10.6 Å². The lowest BCUT2D eigenvalue weighted by molar-refractivity contribution is -0.127. The van der Waals surface area contributed by atoms with Crippen molar-refractivity contribution in [3.8, 4) is 0 Å². The number of benzene rings is 1. The molecule has 108 valence electrons. The molecule has 1 aromatic carbocycles. The molecule has 1 aromatic rings. The first-order chi connectivity index (χ1) is 9.58. The van der Waals surface area contributed by atoms with E-state index in [0.717, 1.165) is 24.8 Å². The second-order valence-electron chi connectivity index (χ2n) is 5.12. The van der Waals surface area contributed by atoms with Crippen molar-refractivity contribution in [1.82, 2.24) is 10.6 Å². The standard InChI is InChI=1S/C15H19ClN2O2/c1-2-9-17-13(19)10-18-14(20)15(7-8-15)11-3-5-12(16)6-4-11/h3-6H,2,7-10H2,1H3,(H,17,19)(H,18,20). The highest BCUT2D eigenvalue weighted by Gasteiger charge is 2.51. The van der Waals surface area contributed by atoms with Crippen LogP contribution in [0.1, 0.15) is 31.7 Å². The maximum absolute atomic E-state index is 12.3. The quantitative estimate of drug-likeness (QED) is 0.843. The Labute approximate surface area is 123 Å². The highest BCUT2D eigenvalue weighted by atomic mass is 35.5. The minimum atomic E-state index is -0.463. The van der Waals surface area contributed by atoms with Gasteiger partial charge in [0.05, 0.1) is 12.0 Å². The van der Waals surface area contributed by atoms with E-state index in [4.69, 9.17) is 11.6 Å². The average molecular weight is 295 g/mol. The number of hydrogen-bond acceptors (Lipinski definition) is 2. The van der Waals surface area contributed by atoms with Gasteiger partial charge in [0.1, 0.15) is 0 Å². The number of halogens is 1. The molecular weight excluding hydrogens is 276 g/mol. The van der Waals surface area contributed by atoms with Crippen molar-refractivity contribution in [3.63, 3.8) is 0 Å². The molecular formula is C15H19ClN2O2. The van der Waals surface area contributed by atoms with Crippen molar-refractivity contribution in [2.75, 3.05) is 13.1 Å². The van der Waals surface area contributed by atoms with E-state index in [1.54, 1.807) is 12.1 Å². The van der Waals surface area contributed by atoms with Gasteiger partial charge in [-0.25, -0.2) is 0 Å². The predicted octanol–water partition coefficient (Wildman–Crippen LogP) is 2.01. The van der Waals surface area contributed by atoms with Gasteiger partial charge in [0, 0.05) is 11.6 Å². The molecule has 20 heavy (non-hydrogen) atoms. The Kier molecular flexibility index (Phi) is 4.65. The minimum Gasteiger partial charge on any atom is -0.355 e. The average Bonchev–Trinajstić information content (AvgIpc) is 3.25. The molecule has 0 unspecified atom stereocenters. The smallest absolute Gasteiger partial charge is 0.239 e. The number of hydrogen-bond donors (Lipinski definition) is 2. The first kappa shape index (κ1) is 14.9. The number of amides is 2. The normalized spacial score (nSPS) is 15.5. The van der Waals surface area contributed by atoms with Crippen molar-refractivity contribution in [1.29, 1.82) is 0 Å². The van der Waals surface area contributed by atoms with Gasteiger partial charge in [-0.05, 0) is 37.0 Å². The Bertz CT molecular complexity index is 495. The molecule has 2 amide bonds. The van der Waals surface area contributed by atoms with Crippen LogP contribution >= 0.6 is 11.6 Å². The van der Waals surface area contributed by atoms with E-state index in [9.17, 15) is 9.59 Å². The molecule has 0 spiro atoms. The molecule has 1 fully saturated rings. The summed E-state index contributed by atoms with van der Waals surface area (Å²) in [7, 11) is 0. The Morgan fingerprint density at radius 3 is 2.40 bits per heavy atom. The summed E-state index contributed by atoms with van der Waals surface area (Å²) in [6, 6.07) is 7.34. The highest BCUT2D eigenvalue weighted by molar-refractivity contribution is 6.30. The summed E-state index contributed by atoms with van der Waals surface area (Å²) in [5.74, 6) is -0.224. The van der Waals surface area contributed by atoms with Gasteiger partial charge in [-0.3, -0.25) is 9.59 Å². The van der Waals surface area contributed by atoms with E-state index >= 15 is 0 Å². The fraction of sp³-hybridized carbons (Fsp3) is 0.467. The van der Waals surface area contributed by atoms with Crippen LogP contribution in [0.5, 0.6) is 0 Å². The van der Waals surface area contributed by atoms with Crippen LogP contribution in [0.2, 0.25) is 5.02 Å². The SMILES string of the molecule is CCCNC(=O)CNC(=O)C1(c2ccc(Cl)cc2)CC1. The zero-order valence-electron chi connectivity index (χ0n) is 11.5. The lowest BCUT2D eigenvalue weighted by atomic mass is 9.95. The van der Waals surface area contributed by atoms with Crippen LogP contribution in [-0.4, -0.2) is 24.9 Å². The summed E-state index contributed by atoms with van der Waals surface area (Å²) >= 11 is 5.86. The zero-order valence-corrected chi connectivity index (χ0v) is 12.3. The molecule has 5 heteroatoms. The second kappa shape index (κ2) is 6.27. The van der Waals surface area contributed by atoms with Crippen LogP contribution in [0.3, 0.4) is 0 Å². The van der Waals surface area contributed by atoms with Gasteiger partial charge >= 0.3 is 0 Å². The molecule has 0 saturated heterocycles. The molecule has 1 aliphatic rings. The Morgan fingerprint density at radius 2 is 1.85 bits per heavy atom. The van der Waals surface area contributed by atoms with Crippen molar-refractivity contribution in [2.24, 2.45) is 0 Å². The molecule has 0 atom stereocenters. The third kappa shape index (κ3) is 3.31. The third-order valence-electron chi connectivity index (χ3n) is 3.56. The van der Waals surface area contributed by atoms with Gasteiger partial charge in [0.2, 0.25) is 11.8 Å². The maximum atomic E-state index is 12.3. The van der Waals surface area contributed by atoms with Crippen molar-refractivity contribution >= 4 is 23.4 Å². The molecule has 1 saturated carbocycles. The summed E-state index contributed by atoms with van der Waals surface area (Å²) in [5, 5.41) is 6.12. The van der Waals surface area contributed by atoms with E-state index < -0.39 is 5.41 Å². The maximum Gasteiger partial charge on any atom is 0.239 e. The molecule has 0 heterocycles. The zero-order chi connectivity index (χ0) is 14.6. The topological polar surface area (TPSA) is 58.2 Å². The lowest BCUT2D eigenvalue weighted by Crippen LogP contribution is -2.41. The summed E-state index contributed by atoms with van der Waals surface area (Å²) in [5.41, 5.74) is 0.503. The second-order valence-corrected chi connectivity index (χ2v) is 5.56. The Hall–Kier alpha value is -1.55. The van der Waals surface area contributed by atoms with Crippen molar-refractivity contribution in [3.05, 3.63) is 34.9 Å². The van der Waals surface area contributed by atoms with E-state index in [2.05, 4.69) is 10.6 Å². The Morgan fingerprint density at radius 1 is 1.20 bits per heavy atom. The summed E-state index contributed by atoms with van der Waals surface area (Å²) in [4.78, 5) is 23.8. The highest BCUT2D eigenvalue weighted by Crippen LogP contribution is 2.48. The fourth-order valence-corrected chi connectivity index (χ4v) is 2.32. The van der Waals surface area contributed by atoms with Crippen LogP contribution in [-0.2, 0) is 15.0 Å². The number of nitrogens with one attached hydrogen (secondary N) is 2. The van der Waals surface area contributed by atoms with E-state index in [1.807, 2.05) is 19.1 Å². The number of carbonyl (C=O) groups excluding carboxylic acids is 2. The van der Waals surface area contributed by atoms with Crippen molar-refractivity contribution in [2.45, 2.75) is 31.6 Å². The minimum absolute atomic E-state index is 0.0359. The molecule has 0 aromatic heterocycles. The van der Waals surface area contributed by atoms with Gasteiger partial charge in [0.25, 0.3) is 0 Å². The fourth-order valence-electron chi connectivity index (χ4n) is 2.20. The van der Waals surface area contributed by atoms with Crippen LogP contribution in [0, 0.1) is 0 Å². The van der Waals surface area contributed by atoms with Gasteiger partial charge in [-0.1, -0.05) is 30.7 Å². The molecule has 2 rings (SSSR count). The van der Waals surface area contributed by atoms with E-state index in [1.165, 1.54) is 0 Å². The largest absolute Gasteiger partial charge is 0.355 e. The van der Waals surface area contributed by atoms with Gasteiger partial charge in [-0.15, -0.1) is 0 Å². The monoisotopic (exact) mass is 294 g/mol. The van der Waals surface area contributed by atoms with E-state index in [-0.39, 0.29) is 18.4 Å². The lowest BCUT2D eigenvalue weighted by Gasteiger charge is -2.15. The van der Waals surface area contributed by atoms with Gasteiger partial charge < -0.3 is 10.6 Å². The molecule has 0 aliphatic heterocycles. The van der Waals surface area contributed by atoms with E-state index in [0.29, 0.717) is 11.6 Å². The van der Waals surface area contributed by atoms with Gasteiger partial charge in [-0.2, -0.15) is 0 Å². The molecule has 0 radical (unpaired) electrons. The van der Waals surface area contributed by atoms with Crippen LogP contribution in [0.15, 0.2) is 24.3 Å². The summed E-state index contributed by atoms with van der Waals surface area (Å²) in [6.45, 7) is 2.66. The summed E-state index contributed by atoms with van der Waals surface area (Å²) < 4.78 is 0. The Balaban J connectivity index is 1.92. The van der Waals surface area contributed by atoms with Crippen molar-refractivity contribution < 1.29 is 9.59 Å². The molecule has 1 aliphatic carbocycles.